The van der Waals surface area contributed by atoms with Crippen LogP contribution in [0.5, 0.6) is 0 Å². The van der Waals surface area contributed by atoms with Crippen LogP contribution in [0.1, 0.15) is 26.7 Å². The lowest BCUT2D eigenvalue weighted by Crippen LogP contribution is -2.47. The van der Waals surface area contributed by atoms with E-state index in [1.807, 2.05) is 0 Å². The highest BCUT2D eigenvalue weighted by Crippen LogP contribution is 2.19. The average molecular weight is 200 g/mol. The summed E-state index contributed by atoms with van der Waals surface area (Å²) < 4.78 is 0. The first kappa shape index (κ1) is 11.5. The van der Waals surface area contributed by atoms with E-state index in [2.05, 4.69) is 4.90 Å². The first-order chi connectivity index (χ1) is 6.42. The summed E-state index contributed by atoms with van der Waals surface area (Å²) in [6.07, 6.45) is 2.14. The Kier molecular flexibility index (Phi) is 3.50. The maximum Gasteiger partial charge on any atom is 0.310 e. The molecule has 1 aliphatic rings. The van der Waals surface area contributed by atoms with Crippen molar-refractivity contribution in [3.8, 4) is 0 Å². The van der Waals surface area contributed by atoms with Crippen molar-refractivity contribution in [2.24, 2.45) is 11.1 Å². The van der Waals surface area contributed by atoms with E-state index in [-0.39, 0.29) is 6.04 Å². The number of carboxylic acid groups (broad SMARTS) is 1. The number of hydrogen-bond donors (Lipinski definition) is 2. The van der Waals surface area contributed by atoms with Crippen molar-refractivity contribution in [1.29, 1.82) is 0 Å². The number of hydrogen-bond acceptors (Lipinski definition) is 3. The molecule has 0 aromatic heterocycles. The molecule has 0 aromatic rings. The Bertz CT molecular complexity index is 216. The van der Waals surface area contributed by atoms with Gasteiger partial charge in [0.2, 0.25) is 0 Å². The van der Waals surface area contributed by atoms with E-state index in [0.717, 1.165) is 25.9 Å². The molecule has 1 atom stereocenters. The lowest BCUT2D eigenvalue weighted by atomic mass is 9.92. The van der Waals surface area contributed by atoms with Gasteiger partial charge in [-0.2, -0.15) is 0 Å². The molecule has 1 fully saturated rings. The zero-order valence-electron chi connectivity index (χ0n) is 8.99. The Morgan fingerprint density at radius 2 is 2.29 bits per heavy atom. The molecule has 0 saturated carbocycles. The Balaban J connectivity index is 2.47. The molecular weight excluding hydrogens is 180 g/mol. The van der Waals surface area contributed by atoms with E-state index < -0.39 is 11.4 Å². The molecule has 14 heavy (non-hydrogen) atoms. The minimum Gasteiger partial charge on any atom is -0.481 e. The zero-order valence-corrected chi connectivity index (χ0v) is 8.99. The fourth-order valence-electron chi connectivity index (χ4n) is 1.86. The van der Waals surface area contributed by atoms with Crippen LogP contribution in [0, 0.1) is 5.41 Å². The number of carbonyl (C=O) groups is 1. The highest BCUT2D eigenvalue weighted by molar-refractivity contribution is 5.73. The summed E-state index contributed by atoms with van der Waals surface area (Å²) in [6, 6.07) is 0.216. The summed E-state index contributed by atoms with van der Waals surface area (Å²) in [6.45, 7) is 5.92. The third-order valence-corrected chi connectivity index (χ3v) is 2.74. The van der Waals surface area contributed by atoms with Crippen molar-refractivity contribution < 1.29 is 9.90 Å². The number of rotatable bonds is 3. The topological polar surface area (TPSA) is 66.6 Å². The van der Waals surface area contributed by atoms with Crippen molar-refractivity contribution in [1.82, 2.24) is 4.90 Å². The fraction of sp³-hybridized carbons (Fsp3) is 0.900. The molecule has 1 saturated heterocycles. The predicted molar refractivity (Wildman–Crippen MR) is 55.1 cm³/mol. The van der Waals surface area contributed by atoms with Gasteiger partial charge in [0.05, 0.1) is 5.41 Å². The summed E-state index contributed by atoms with van der Waals surface area (Å²) >= 11 is 0. The van der Waals surface area contributed by atoms with Crippen LogP contribution >= 0.6 is 0 Å². The molecule has 0 bridgehead atoms. The smallest absolute Gasteiger partial charge is 0.310 e. The van der Waals surface area contributed by atoms with Gasteiger partial charge in [0.1, 0.15) is 0 Å². The largest absolute Gasteiger partial charge is 0.481 e. The van der Waals surface area contributed by atoms with Gasteiger partial charge in [-0.25, -0.2) is 0 Å². The summed E-state index contributed by atoms with van der Waals surface area (Å²) in [7, 11) is 0. The van der Waals surface area contributed by atoms with Crippen molar-refractivity contribution in [2.45, 2.75) is 32.7 Å². The van der Waals surface area contributed by atoms with Gasteiger partial charge >= 0.3 is 5.97 Å². The van der Waals surface area contributed by atoms with Crippen molar-refractivity contribution in [2.75, 3.05) is 19.6 Å². The minimum absolute atomic E-state index is 0.216. The molecule has 0 radical (unpaired) electrons. The zero-order chi connectivity index (χ0) is 10.8. The molecule has 1 rings (SSSR count). The van der Waals surface area contributed by atoms with Gasteiger partial charge in [-0.3, -0.25) is 4.79 Å². The summed E-state index contributed by atoms with van der Waals surface area (Å²) in [5.74, 6) is -0.739. The van der Waals surface area contributed by atoms with Crippen molar-refractivity contribution in [3.63, 3.8) is 0 Å². The van der Waals surface area contributed by atoms with Gasteiger partial charge in [-0.1, -0.05) is 0 Å². The van der Waals surface area contributed by atoms with E-state index in [9.17, 15) is 4.79 Å². The number of piperidine rings is 1. The highest BCUT2D eigenvalue weighted by atomic mass is 16.4. The molecule has 4 heteroatoms. The second kappa shape index (κ2) is 4.28. The third-order valence-electron chi connectivity index (χ3n) is 2.74. The van der Waals surface area contributed by atoms with E-state index >= 15 is 0 Å². The van der Waals surface area contributed by atoms with Crippen molar-refractivity contribution in [3.05, 3.63) is 0 Å². The Morgan fingerprint density at radius 1 is 1.64 bits per heavy atom. The quantitative estimate of drug-likeness (QED) is 0.697. The van der Waals surface area contributed by atoms with E-state index in [1.54, 1.807) is 13.8 Å². The second-order valence-corrected chi connectivity index (χ2v) is 4.83. The Hall–Kier alpha value is -0.610. The van der Waals surface area contributed by atoms with Crippen LogP contribution in [0.2, 0.25) is 0 Å². The normalized spacial score (nSPS) is 24.9. The number of likely N-dealkylation sites (tertiary alicyclic amines) is 1. The van der Waals surface area contributed by atoms with Crippen LogP contribution in [-0.2, 0) is 4.79 Å². The lowest BCUT2D eigenvalue weighted by Gasteiger charge is -2.34. The SMILES string of the molecule is CC(C)(CN1CCC[C@@H](N)C1)C(=O)O. The van der Waals surface area contributed by atoms with E-state index in [4.69, 9.17) is 10.8 Å². The van der Waals surface area contributed by atoms with E-state index in [0.29, 0.717) is 6.54 Å². The monoisotopic (exact) mass is 200 g/mol. The Morgan fingerprint density at radius 3 is 2.79 bits per heavy atom. The standard InChI is InChI=1S/C10H20N2O2/c1-10(2,9(13)14)7-12-5-3-4-8(11)6-12/h8H,3-7,11H2,1-2H3,(H,13,14)/t8-/m1/s1. The second-order valence-electron chi connectivity index (χ2n) is 4.83. The maximum absolute atomic E-state index is 10.9. The predicted octanol–water partition coefficient (Wildman–Crippen LogP) is 0.520. The van der Waals surface area contributed by atoms with Gasteiger partial charge in [0.25, 0.3) is 0 Å². The Labute approximate surface area is 85.1 Å². The van der Waals surface area contributed by atoms with E-state index in [1.165, 1.54) is 0 Å². The number of carboxylic acids is 1. The first-order valence-corrected chi connectivity index (χ1v) is 5.13. The van der Waals surface area contributed by atoms with Crippen LogP contribution in [0.25, 0.3) is 0 Å². The molecule has 0 spiro atoms. The summed E-state index contributed by atoms with van der Waals surface area (Å²) in [5, 5.41) is 8.98. The van der Waals surface area contributed by atoms with Gasteiger partial charge < -0.3 is 15.7 Å². The minimum atomic E-state index is -0.739. The summed E-state index contributed by atoms with van der Waals surface area (Å²) in [5.41, 5.74) is 5.16. The molecule has 1 heterocycles. The first-order valence-electron chi connectivity index (χ1n) is 5.13. The van der Waals surface area contributed by atoms with Gasteiger partial charge in [0.15, 0.2) is 0 Å². The number of nitrogens with zero attached hydrogens (tertiary/aromatic N) is 1. The lowest BCUT2D eigenvalue weighted by molar-refractivity contribution is -0.148. The summed E-state index contributed by atoms with van der Waals surface area (Å²) in [4.78, 5) is 13.1. The highest BCUT2D eigenvalue weighted by Gasteiger charge is 2.31. The molecule has 4 nitrogen and oxygen atoms in total. The van der Waals surface area contributed by atoms with Crippen LogP contribution in [0.3, 0.4) is 0 Å². The molecular formula is C10H20N2O2. The van der Waals surface area contributed by atoms with Crippen LogP contribution in [0.15, 0.2) is 0 Å². The van der Waals surface area contributed by atoms with Crippen LogP contribution in [0.4, 0.5) is 0 Å². The van der Waals surface area contributed by atoms with Gasteiger partial charge in [-0.05, 0) is 33.2 Å². The third kappa shape index (κ3) is 2.96. The number of aliphatic carboxylic acids is 1. The number of nitrogens with two attached hydrogens (primary N) is 1. The molecule has 0 aromatic carbocycles. The van der Waals surface area contributed by atoms with Crippen molar-refractivity contribution >= 4 is 5.97 Å². The van der Waals surface area contributed by atoms with Gasteiger partial charge in [0, 0.05) is 19.1 Å². The van der Waals surface area contributed by atoms with Crippen LogP contribution < -0.4 is 5.73 Å². The average Bonchev–Trinajstić information content (AvgIpc) is 2.02. The molecule has 3 N–H and O–H groups in total. The maximum atomic E-state index is 10.9. The molecule has 1 aliphatic heterocycles. The molecule has 82 valence electrons. The van der Waals surface area contributed by atoms with Crippen LogP contribution in [-0.4, -0.2) is 41.7 Å². The fourth-order valence-corrected chi connectivity index (χ4v) is 1.86. The molecule has 0 amide bonds. The molecule has 0 aliphatic carbocycles. The molecule has 0 unspecified atom stereocenters. The van der Waals surface area contributed by atoms with Gasteiger partial charge in [-0.15, -0.1) is 0 Å².